The number of hydrogen-bond acceptors (Lipinski definition) is 3. The van der Waals surface area contributed by atoms with Gasteiger partial charge in [0.1, 0.15) is 4.90 Å². The maximum absolute atomic E-state index is 12.5. The van der Waals surface area contributed by atoms with Crippen molar-refractivity contribution in [1.29, 1.82) is 0 Å². The summed E-state index contributed by atoms with van der Waals surface area (Å²) in [5, 5.41) is 0. The molecule has 0 aliphatic rings. The van der Waals surface area contributed by atoms with Crippen molar-refractivity contribution in [3.8, 4) is 0 Å². The van der Waals surface area contributed by atoms with Gasteiger partial charge in [0.2, 0.25) is 10.0 Å². The summed E-state index contributed by atoms with van der Waals surface area (Å²) >= 11 is 3.27. The minimum absolute atomic E-state index is 0.0620. The molecule has 1 atom stereocenters. The molecule has 0 spiro atoms. The molecule has 6 heteroatoms. The molecular weight excluding hydrogens is 328 g/mol. The zero-order valence-electron chi connectivity index (χ0n) is 11.7. The van der Waals surface area contributed by atoms with Gasteiger partial charge in [0.25, 0.3) is 0 Å². The molecular formula is C13H21BrN2O2S. The smallest absolute Gasteiger partial charge is 0.245 e. The zero-order valence-corrected chi connectivity index (χ0v) is 14.1. The maximum Gasteiger partial charge on any atom is 0.245 e. The molecule has 0 saturated carbocycles. The van der Waals surface area contributed by atoms with Crippen molar-refractivity contribution in [3.05, 3.63) is 22.7 Å². The molecule has 0 bridgehead atoms. The van der Waals surface area contributed by atoms with Gasteiger partial charge >= 0.3 is 0 Å². The van der Waals surface area contributed by atoms with Crippen LogP contribution in [0.25, 0.3) is 0 Å². The van der Waals surface area contributed by atoms with Crippen molar-refractivity contribution >= 4 is 31.6 Å². The number of rotatable bonds is 5. The van der Waals surface area contributed by atoms with Gasteiger partial charge in [0.15, 0.2) is 0 Å². The van der Waals surface area contributed by atoms with Crippen molar-refractivity contribution in [2.24, 2.45) is 5.92 Å². The lowest BCUT2D eigenvalue weighted by Gasteiger charge is -2.26. The summed E-state index contributed by atoms with van der Waals surface area (Å²) in [7, 11) is -1.94. The zero-order chi connectivity index (χ0) is 14.8. The van der Waals surface area contributed by atoms with Gasteiger partial charge < -0.3 is 5.73 Å². The molecule has 0 aromatic heterocycles. The number of hydrogen-bond donors (Lipinski definition) is 1. The van der Waals surface area contributed by atoms with E-state index in [2.05, 4.69) is 29.8 Å². The molecule has 108 valence electrons. The lowest BCUT2D eigenvalue weighted by molar-refractivity contribution is 0.338. The van der Waals surface area contributed by atoms with Gasteiger partial charge in [-0.05, 0) is 37.5 Å². The van der Waals surface area contributed by atoms with E-state index in [4.69, 9.17) is 5.73 Å². The van der Waals surface area contributed by atoms with Crippen LogP contribution in [0.1, 0.15) is 27.2 Å². The van der Waals surface area contributed by atoms with Gasteiger partial charge in [0.05, 0.1) is 5.69 Å². The average Bonchev–Trinajstić information content (AvgIpc) is 2.26. The maximum atomic E-state index is 12.5. The van der Waals surface area contributed by atoms with Crippen molar-refractivity contribution < 1.29 is 8.42 Å². The van der Waals surface area contributed by atoms with Crippen LogP contribution in [0.2, 0.25) is 0 Å². The molecule has 1 aromatic rings. The Kier molecular flexibility index (Phi) is 5.41. The first-order valence-electron chi connectivity index (χ1n) is 6.19. The molecule has 2 N–H and O–H groups in total. The van der Waals surface area contributed by atoms with E-state index < -0.39 is 10.0 Å². The SMILES string of the molecule is CC(C)CC(C)N(C)S(=O)(=O)c1ccc(Br)cc1N. The van der Waals surface area contributed by atoms with Crippen LogP contribution in [0, 0.1) is 5.92 Å². The van der Waals surface area contributed by atoms with Crippen molar-refractivity contribution in [3.63, 3.8) is 0 Å². The Balaban J connectivity index is 3.09. The Morgan fingerprint density at radius 1 is 1.32 bits per heavy atom. The minimum Gasteiger partial charge on any atom is -0.398 e. The topological polar surface area (TPSA) is 63.4 Å². The highest BCUT2D eigenvalue weighted by atomic mass is 79.9. The lowest BCUT2D eigenvalue weighted by atomic mass is 10.1. The molecule has 0 fully saturated rings. The van der Waals surface area contributed by atoms with Crippen molar-refractivity contribution in [2.45, 2.75) is 38.1 Å². The number of halogens is 1. The normalized spacial score (nSPS) is 14.1. The molecule has 1 aromatic carbocycles. The summed E-state index contributed by atoms with van der Waals surface area (Å²) in [4.78, 5) is 0.161. The van der Waals surface area contributed by atoms with Crippen LogP contribution in [0.4, 0.5) is 5.69 Å². The number of benzene rings is 1. The molecule has 0 aliphatic carbocycles. The molecule has 1 unspecified atom stereocenters. The third-order valence-corrected chi connectivity index (χ3v) is 5.60. The highest BCUT2D eigenvalue weighted by molar-refractivity contribution is 9.10. The summed E-state index contributed by atoms with van der Waals surface area (Å²) in [6, 6.07) is 4.76. The molecule has 0 saturated heterocycles. The Bertz CT molecular complexity index is 544. The fourth-order valence-corrected chi connectivity index (χ4v) is 3.82. The summed E-state index contributed by atoms with van der Waals surface area (Å²) in [5.41, 5.74) is 6.07. The number of sulfonamides is 1. The van der Waals surface area contributed by atoms with Crippen molar-refractivity contribution in [2.75, 3.05) is 12.8 Å². The predicted octanol–water partition coefficient (Wildman–Crippen LogP) is 3.09. The number of nitrogens with two attached hydrogens (primary N) is 1. The van der Waals surface area contributed by atoms with Gasteiger partial charge in [-0.1, -0.05) is 29.8 Å². The van der Waals surface area contributed by atoms with E-state index in [1.54, 1.807) is 19.2 Å². The molecule has 0 aliphatic heterocycles. The van der Waals surface area contributed by atoms with E-state index in [0.717, 1.165) is 10.9 Å². The second-order valence-electron chi connectivity index (χ2n) is 5.18. The molecule has 0 heterocycles. The van der Waals surface area contributed by atoms with Crippen LogP contribution >= 0.6 is 15.9 Å². The lowest BCUT2D eigenvalue weighted by Crippen LogP contribution is -2.36. The van der Waals surface area contributed by atoms with Gasteiger partial charge in [-0.25, -0.2) is 8.42 Å². The van der Waals surface area contributed by atoms with Gasteiger partial charge in [-0.15, -0.1) is 0 Å². The van der Waals surface area contributed by atoms with E-state index in [1.807, 2.05) is 6.92 Å². The van der Waals surface area contributed by atoms with E-state index in [-0.39, 0.29) is 16.6 Å². The quantitative estimate of drug-likeness (QED) is 0.831. The van der Waals surface area contributed by atoms with Gasteiger partial charge in [-0.3, -0.25) is 0 Å². The predicted molar refractivity (Wildman–Crippen MR) is 82.4 cm³/mol. The number of nitrogen functional groups attached to an aromatic ring is 1. The van der Waals surface area contributed by atoms with Crippen LogP contribution in [0.3, 0.4) is 0 Å². The molecule has 0 radical (unpaired) electrons. The Morgan fingerprint density at radius 3 is 2.37 bits per heavy atom. The Hall–Kier alpha value is -0.590. The summed E-state index contributed by atoms with van der Waals surface area (Å²) in [5.74, 6) is 0.440. The van der Waals surface area contributed by atoms with E-state index in [0.29, 0.717) is 5.92 Å². The summed E-state index contributed by atoms with van der Waals surface area (Å²) in [6.45, 7) is 6.06. The summed E-state index contributed by atoms with van der Waals surface area (Å²) in [6.07, 6.45) is 0.812. The van der Waals surface area contributed by atoms with E-state index in [1.165, 1.54) is 10.4 Å². The standard InChI is InChI=1S/C13H21BrN2O2S/c1-9(2)7-10(3)16(4)19(17,18)13-6-5-11(14)8-12(13)15/h5-6,8-10H,7,15H2,1-4H3. The first kappa shape index (κ1) is 16.5. The van der Waals surface area contributed by atoms with Crippen LogP contribution in [-0.4, -0.2) is 25.8 Å². The second kappa shape index (κ2) is 6.24. The first-order chi connectivity index (χ1) is 8.66. The summed E-state index contributed by atoms with van der Waals surface area (Å²) < 4.78 is 27.2. The highest BCUT2D eigenvalue weighted by Gasteiger charge is 2.27. The van der Waals surface area contributed by atoms with E-state index in [9.17, 15) is 8.42 Å². The van der Waals surface area contributed by atoms with Crippen LogP contribution in [0.5, 0.6) is 0 Å². The number of nitrogens with zero attached hydrogens (tertiary/aromatic N) is 1. The molecule has 1 rings (SSSR count). The molecule has 4 nitrogen and oxygen atoms in total. The van der Waals surface area contributed by atoms with Crippen molar-refractivity contribution in [1.82, 2.24) is 4.31 Å². The average molecular weight is 349 g/mol. The van der Waals surface area contributed by atoms with Gasteiger partial charge in [0, 0.05) is 17.6 Å². The third kappa shape index (κ3) is 3.94. The van der Waals surface area contributed by atoms with E-state index >= 15 is 0 Å². The monoisotopic (exact) mass is 348 g/mol. The number of anilines is 1. The first-order valence-corrected chi connectivity index (χ1v) is 8.42. The van der Waals surface area contributed by atoms with Crippen LogP contribution in [0.15, 0.2) is 27.6 Å². The fraction of sp³-hybridized carbons (Fsp3) is 0.538. The minimum atomic E-state index is -3.54. The van der Waals surface area contributed by atoms with Crippen LogP contribution in [-0.2, 0) is 10.0 Å². The van der Waals surface area contributed by atoms with Gasteiger partial charge in [-0.2, -0.15) is 4.31 Å². The second-order valence-corrected chi connectivity index (χ2v) is 8.06. The largest absolute Gasteiger partial charge is 0.398 e. The molecule has 0 amide bonds. The Labute approximate surface area is 124 Å². The third-order valence-electron chi connectivity index (χ3n) is 3.06. The molecule has 19 heavy (non-hydrogen) atoms. The highest BCUT2D eigenvalue weighted by Crippen LogP contribution is 2.27. The Morgan fingerprint density at radius 2 is 1.89 bits per heavy atom. The van der Waals surface area contributed by atoms with Crippen LogP contribution < -0.4 is 5.73 Å². The fourth-order valence-electron chi connectivity index (χ4n) is 1.98.